The summed E-state index contributed by atoms with van der Waals surface area (Å²) in [6.07, 6.45) is 2.09. The number of imide groups is 1. The number of piperidine rings is 1. The van der Waals surface area contributed by atoms with Crippen molar-refractivity contribution in [1.82, 2.24) is 4.90 Å². The first-order chi connectivity index (χ1) is 6.01. The Hall–Kier alpha value is -0.900. The predicted molar refractivity (Wildman–Crippen MR) is 48.8 cm³/mol. The Morgan fingerprint density at radius 2 is 2.31 bits per heavy atom. The third kappa shape index (κ3) is 1.72. The zero-order valence-electron chi connectivity index (χ0n) is 8.17. The van der Waals surface area contributed by atoms with Crippen molar-refractivity contribution in [1.29, 1.82) is 0 Å². The van der Waals surface area contributed by atoms with Crippen LogP contribution in [0.1, 0.15) is 33.1 Å². The standard InChI is InChI=1S/C9H16N2O2/c1-3-9(10)5-4-6-11(7(2)12)8(9)13/h3-6,10H2,1-2H3. The molecule has 4 heteroatoms. The average molecular weight is 184 g/mol. The first-order valence-electron chi connectivity index (χ1n) is 4.62. The van der Waals surface area contributed by atoms with Gasteiger partial charge in [-0.1, -0.05) is 6.92 Å². The summed E-state index contributed by atoms with van der Waals surface area (Å²) in [5.74, 6) is -0.415. The molecule has 0 aliphatic carbocycles. The molecule has 1 aliphatic rings. The van der Waals surface area contributed by atoms with E-state index in [1.807, 2.05) is 6.92 Å². The second-order valence-corrected chi connectivity index (χ2v) is 3.59. The van der Waals surface area contributed by atoms with E-state index in [1.54, 1.807) is 0 Å². The van der Waals surface area contributed by atoms with E-state index in [1.165, 1.54) is 11.8 Å². The number of nitrogens with zero attached hydrogens (tertiary/aromatic N) is 1. The van der Waals surface area contributed by atoms with Gasteiger partial charge in [-0.05, 0) is 19.3 Å². The largest absolute Gasteiger partial charge is 0.317 e. The Morgan fingerprint density at radius 3 is 2.77 bits per heavy atom. The number of amides is 2. The number of likely N-dealkylation sites (tertiary alicyclic amines) is 1. The van der Waals surface area contributed by atoms with Gasteiger partial charge in [-0.3, -0.25) is 14.5 Å². The first kappa shape index (κ1) is 10.2. The smallest absolute Gasteiger partial charge is 0.249 e. The highest BCUT2D eigenvalue weighted by Crippen LogP contribution is 2.23. The Bertz CT molecular complexity index is 240. The van der Waals surface area contributed by atoms with E-state index in [2.05, 4.69) is 0 Å². The van der Waals surface area contributed by atoms with Crippen molar-refractivity contribution in [3.63, 3.8) is 0 Å². The maximum Gasteiger partial charge on any atom is 0.249 e. The maximum atomic E-state index is 11.7. The van der Waals surface area contributed by atoms with Crippen LogP contribution in [0.4, 0.5) is 0 Å². The fourth-order valence-corrected chi connectivity index (χ4v) is 1.66. The van der Waals surface area contributed by atoms with E-state index in [-0.39, 0.29) is 11.8 Å². The molecular formula is C9H16N2O2. The van der Waals surface area contributed by atoms with Gasteiger partial charge in [0.1, 0.15) is 0 Å². The van der Waals surface area contributed by atoms with E-state index >= 15 is 0 Å². The lowest BCUT2D eigenvalue weighted by Crippen LogP contribution is -2.59. The summed E-state index contributed by atoms with van der Waals surface area (Å²) in [5.41, 5.74) is 5.08. The molecule has 2 amide bonds. The number of hydrogen-bond acceptors (Lipinski definition) is 3. The fourth-order valence-electron chi connectivity index (χ4n) is 1.66. The van der Waals surface area contributed by atoms with E-state index in [9.17, 15) is 9.59 Å². The van der Waals surface area contributed by atoms with Crippen LogP contribution >= 0.6 is 0 Å². The molecule has 4 nitrogen and oxygen atoms in total. The molecule has 2 N–H and O–H groups in total. The summed E-state index contributed by atoms with van der Waals surface area (Å²) in [6.45, 7) is 3.80. The van der Waals surface area contributed by atoms with Crippen LogP contribution in [-0.4, -0.2) is 28.8 Å². The molecule has 0 aromatic heterocycles. The van der Waals surface area contributed by atoms with Gasteiger partial charge in [-0.2, -0.15) is 0 Å². The zero-order chi connectivity index (χ0) is 10.1. The number of nitrogens with two attached hydrogens (primary N) is 1. The Kier molecular flexibility index (Phi) is 2.71. The van der Waals surface area contributed by atoms with Crippen LogP contribution < -0.4 is 5.73 Å². The molecule has 13 heavy (non-hydrogen) atoms. The SMILES string of the molecule is CCC1(N)CCCN(C(C)=O)C1=O. The quantitative estimate of drug-likeness (QED) is 0.636. The topological polar surface area (TPSA) is 63.4 Å². The van der Waals surface area contributed by atoms with Crippen molar-refractivity contribution in [2.24, 2.45) is 5.73 Å². The Labute approximate surface area is 78.1 Å². The second kappa shape index (κ2) is 3.46. The minimum atomic E-state index is -0.802. The number of hydrogen-bond donors (Lipinski definition) is 1. The molecule has 1 saturated heterocycles. The lowest BCUT2D eigenvalue weighted by molar-refractivity contribution is -0.150. The summed E-state index contributed by atoms with van der Waals surface area (Å²) >= 11 is 0. The van der Waals surface area contributed by atoms with Crippen LogP contribution in [0, 0.1) is 0 Å². The van der Waals surface area contributed by atoms with Crippen LogP contribution in [0.2, 0.25) is 0 Å². The molecule has 1 rings (SSSR count). The van der Waals surface area contributed by atoms with E-state index in [4.69, 9.17) is 5.73 Å². The van der Waals surface area contributed by atoms with Crippen LogP contribution in [0.25, 0.3) is 0 Å². The van der Waals surface area contributed by atoms with Gasteiger partial charge in [0, 0.05) is 13.5 Å². The lowest BCUT2D eigenvalue weighted by atomic mass is 9.86. The Morgan fingerprint density at radius 1 is 1.69 bits per heavy atom. The van der Waals surface area contributed by atoms with Crippen LogP contribution in [-0.2, 0) is 9.59 Å². The van der Waals surface area contributed by atoms with Gasteiger partial charge in [-0.15, -0.1) is 0 Å². The van der Waals surface area contributed by atoms with Crippen molar-refractivity contribution in [3.05, 3.63) is 0 Å². The molecule has 0 aromatic rings. The molecule has 1 heterocycles. The number of carbonyl (C=O) groups excluding carboxylic acids is 2. The molecule has 74 valence electrons. The average Bonchev–Trinajstić information content (AvgIpc) is 2.09. The number of carbonyl (C=O) groups is 2. The summed E-state index contributed by atoms with van der Waals surface area (Å²) < 4.78 is 0. The fraction of sp³-hybridized carbons (Fsp3) is 0.778. The molecular weight excluding hydrogens is 168 g/mol. The van der Waals surface area contributed by atoms with Gasteiger partial charge in [0.15, 0.2) is 0 Å². The summed E-state index contributed by atoms with van der Waals surface area (Å²) in [6, 6.07) is 0. The summed E-state index contributed by atoms with van der Waals surface area (Å²) in [5, 5.41) is 0. The van der Waals surface area contributed by atoms with Gasteiger partial charge < -0.3 is 5.73 Å². The third-order valence-electron chi connectivity index (χ3n) is 2.69. The molecule has 1 unspecified atom stereocenters. The maximum absolute atomic E-state index is 11.7. The number of rotatable bonds is 1. The van der Waals surface area contributed by atoms with E-state index < -0.39 is 5.54 Å². The van der Waals surface area contributed by atoms with Crippen LogP contribution in [0.5, 0.6) is 0 Å². The van der Waals surface area contributed by atoms with Gasteiger partial charge in [0.2, 0.25) is 11.8 Å². The molecule has 0 spiro atoms. The van der Waals surface area contributed by atoms with Gasteiger partial charge >= 0.3 is 0 Å². The molecule has 0 radical (unpaired) electrons. The monoisotopic (exact) mass is 184 g/mol. The highest BCUT2D eigenvalue weighted by atomic mass is 16.2. The van der Waals surface area contributed by atoms with Gasteiger partial charge in [-0.25, -0.2) is 0 Å². The predicted octanol–water partition coefficient (Wildman–Crippen LogP) is 0.263. The summed E-state index contributed by atoms with van der Waals surface area (Å²) in [4.78, 5) is 24.0. The van der Waals surface area contributed by atoms with Crippen LogP contribution in [0.15, 0.2) is 0 Å². The van der Waals surface area contributed by atoms with E-state index in [0.717, 1.165) is 6.42 Å². The molecule has 1 atom stereocenters. The molecule has 1 aliphatic heterocycles. The highest BCUT2D eigenvalue weighted by molar-refractivity contribution is 5.99. The third-order valence-corrected chi connectivity index (χ3v) is 2.69. The second-order valence-electron chi connectivity index (χ2n) is 3.59. The normalized spacial score (nSPS) is 29.2. The minimum Gasteiger partial charge on any atom is -0.317 e. The van der Waals surface area contributed by atoms with Crippen molar-refractivity contribution in [3.8, 4) is 0 Å². The molecule has 1 fully saturated rings. The van der Waals surface area contributed by atoms with Crippen molar-refractivity contribution in [2.45, 2.75) is 38.6 Å². The van der Waals surface area contributed by atoms with Gasteiger partial charge in [0.25, 0.3) is 0 Å². The molecule has 0 saturated carbocycles. The highest BCUT2D eigenvalue weighted by Gasteiger charge is 2.40. The minimum absolute atomic E-state index is 0.201. The zero-order valence-corrected chi connectivity index (χ0v) is 8.17. The van der Waals surface area contributed by atoms with E-state index in [0.29, 0.717) is 19.4 Å². The Balaban J connectivity index is 2.83. The van der Waals surface area contributed by atoms with Gasteiger partial charge in [0.05, 0.1) is 5.54 Å². The first-order valence-corrected chi connectivity index (χ1v) is 4.62. The van der Waals surface area contributed by atoms with Crippen LogP contribution in [0.3, 0.4) is 0 Å². The lowest BCUT2D eigenvalue weighted by Gasteiger charge is -2.36. The van der Waals surface area contributed by atoms with Crippen molar-refractivity contribution < 1.29 is 9.59 Å². The molecule has 0 aromatic carbocycles. The van der Waals surface area contributed by atoms with Crippen molar-refractivity contribution >= 4 is 11.8 Å². The summed E-state index contributed by atoms with van der Waals surface area (Å²) in [7, 11) is 0. The van der Waals surface area contributed by atoms with Crippen molar-refractivity contribution in [2.75, 3.05) is 6.54 Å². The molecule has 0 bridgehead atoms.